The first-order valence-electron chi connectivity index (χ1n) is 6.64. The Morgan fingerprint density at radius 3 is 1.95 bits per heavy atom. The maximum atomic E-state index is 10.4. The number of pyridine rings is 1. The van der Waals surface area contributed by atoms with E-state index in [2.05, 4.69) is 37.0 Å². The summed E-state index contributed by atoms with van der Waals surface area (Å²) in [4.78, 5) is 4.34. The Morgan fingerprint density at radius 2 is 1.42 bits per heavy atom. The normalized spacial score (nSPS) is 12.5. The van der Waals surface area contributed by atoms with E-state index < -0.39 is 6.10 Å². The average Bonchev–Trinajstić information content (AvgIpc) is 2.25. The van der Waals surface area contributed by atoms with Crippen LogP contribution in [0.2, 0.25) is 0 Å². The second-order valence-electron chi connectivity index (χ2n) is 5.40. The fourth-order valence-electron chi connectivity index (χ4n) is 2.59. The summed E-state index contributed by atoms with van der Waals surface area (Å²) in [5, 5.41) is 10.4. The minimum absolute atomic E-state index is 0.471. The van der Waals surface area contributed by atoms with E-state index in [4.69, 9.17) is 0 Å². The molecule has 2 heteroatoms. The van der Waals surface area contributed by atoms with Crippen molar-refractivity contribution < 1.29 is 5.11 Å². The van der Waals surface area contributed by atoms with Crippen LogP contribution < -0.4 is 0 Å². The van der Waals surface area contributed by atoms with Crippen LogP contribution in [0.4, 0.5) is 0 Å². The maximum absolute atomic E-state index is 10.4. The lowest BCUT2D eigenvalue weighted by atomic mass is 9.98. The third-order valence-electron chi connectivity index (χ3n) is 3.20. The van der Waals surface area contributed by atoms with Crippen LogP contribution in [0.5, 0.6) is 0 Å². The summed E-state index contributed by atoms with van der Waals surface area (Å²) in [5.74, 6) is 0. The number of nitrogens with zero attached hydrogens (tertiary/aromatic N) is 1. The van der Waals surface area contributed by atoms with Crippen molar-refractivity contribution in [3.63, 3.8) is 0 Å². The number of hydrogen-bond donors (Lipinski definition) is 1. The standard InChI is InChI=1S/C17H21NO/c1-11-5-12(2)7-15(6-11)10-17(19)16-8-13(3)18-14(4)9-16/h5-9,17,19H,10H2,1-4H3. The zero-order valence-electron chi connectivity index (χ0n) is 12.1. The van der Waals surface area contributed by atoms with Crippen LogP contribution in [-0.2, 0) is 6.42 Å². The highest BCUT2D eigenvalue weighted by Crippen LogP contribution is 2.21. The fourth-order valence-corrected chi connectivity index (χ4v) is 2.59. The van der Waals surface area contributed by atoms with Crippen LogP contribution in [-0.4, -0.2) is 10.1 Å². The van der Waals surface area contributed by atoms with Gasteiger partial charge in [0.1, 0.15) is 0 Å². The lowest BCUT2D eigenvalue weighted by Gasteiger charge is -2.13. The minimum Gasteiger partial charge on any atom is -0.388 e. The number of aliphatic hydroxyl groups excluding tert-OH is 1. The first-order chi connectivity index (χ1) is 8.94. The van der Waals surface area contributed by atoms with Gasteiger partial charge < -0.3 is 5.11 Å². The molecule has 2 nitrogen and oxygen atoms in total. The third kappa shape index (κ3) is 3.65. The van der Waals surface area contributed by atoms with Gasteiger partial charge in [-0.1, -0.05) is 29.3 Å². The molecule has 0 aliphatic carbocycles. The highest BCUT2D eigenvalue weighted by atomic mass is 16.3. The Bertz CT molecular complexity index is 549. The predicted octanol–water partition coefficient (Wildman–Crippen LogP) is 3.59. The molecule has 2 rings (SSSR count). The highest BCUT2D eigenvalue weighted by molar-refractivity contribution is 5.31. The number of hydrogen-bond acceptors (Lipinski definition) is 2. The molecule has 1 aromatic carbocycles. The van der Waals surface area contributed by atoms with Gasteiger partial charge in [-0.3, -0.25) is 4.98 Å². The molecule has 1 aromatic heterocycles. The highest BCUT2D eigenvalue weighted by Gasteiger charge is 2.10. The van der Waals surface area contributed by atoms with E-state index in [9.17, 15) is 5.11 Å². The minimum atomic E-state index is -0.471. The maximum Gasteiger partial charge on any atom is 0.0831 e. The molecule has 1 atom stereocenters. The van der Waals surface area contributed by atoms with Crippen molar-refractivity contribution in [1.82, 2.24) is 4.98 Å². The van der Waals surface area contributed by atoms with Crippen LogP contribution in [0.15, 0.2) is 30.3 Å². The van der Waals surface area contributed by atoms with Crippen molar-refractivity contribution in [2.45, 2.75) is 40.2 Å². The lowest BCUT2D eigenvalue weighted by molar-refractivity contribution is 0.178. The zero-order chi connectivity index (χ0) is 14.0. The van der Waals surface area contributed by atoms with E-state index in [-0.39, 0.29) is 0 Å². The number of benzene rings is 1. The summed E-state index contributed by atoms with van der Waals surface area (Å²) in [5.41, 5.74) is 6.51. The molecule has 0 fully saturated rings. The van der Waals surface area contributed by atoms with E-state index in [1.165, 1.54) is 16.7 Å². The molecule has 0 amide bonds. The van der Waals surface area contributed by atoms with Gasteiger partial charge in [0.25, 0.3) is 0 Å². The van der Waals surface area contributed by atoms with Crippen LogP contribution in [0.1, 0.15) is 39.7 Å². The van der Waals surface area contributed by atoms with Crippen molar-refractivity contribution in [2.24, 2.45) is 0 Å². The van der Waals surface area contributed by atoms with E-state index >= 15 is 0 Å². The van der Waals surface area contributed by atoms with Gasteiger partial charge in [0, 0.05) is 17.8 Å². The van der Waals surface area contributed by atoms with E-state index in [0.29, 0.717) is 6.42 Å². The van der Waals surface area contributed by atoms with E-state index in [1.54, 1.807) is 0 Å². The second-order valence-corrected chi connectivity index (χ2v) is 5.40. The summed E-state index contributed by atoms with van der Waals surface area (Å²) in [6, 6.07) is 10.3. The van der Waals surface area contributed by atoms with Gasteiger partial charge in [0.15, 0.2) is 0 Å². The number of aliphatic hydroxyl groups is 1. The second kappa shape index (κ2) is 5.54. The quantitative estimate of drug-likeness (QED) is 0.909. The van der Waals surface area contributed by atoms with Crippen LogP contribution >= 0.6 is 0 Å². The number of aryl methyl sites for hydroxylation is 4. The smallest absolute Gasteiger partial charge is 0.0831 e. The Hall–Kier alpha value is -1.67. The van der Waals surface area contributed by atoms with Gasteiger partial charge >= 0.3 is 0 Å². The largest absolute Gasteiger partial charge is 0.388 e. The summed E-state index contributed by atoms with van der Waals surface area (Å²) < 4.78 is 0. The first-order valence-corrected chi connectivity index (χ1v) is 6.64. The molecule has 19 heavy (non-hydrogen) atoms. The van der Waals surface area contributed by atoms with Gasteiger partial charge in [0.05, 0.1) is 6.10 Å². The van der Waals surface area contributed by atoms with Gasteiger partial charge in [-0.15, -0.1) is 0 Å². The molecule has 0 aliphatic heterocycles. The predicted molar refractivity (Wildman–Crippen MR) is 78.3 cm³/mol. The monoisotopic (exact) mass is 255 g/mol. The van der Waals surface area contributed by atoms with E-state index in [0.717, 1.165) is 17.0 Å². The summed E-state index contributed by atoms with van der Waals surface area (Å²) in [6.45, 7) is 8.09. The van der Waals surface area contributed by atoms with Crippen LogP contribution in [0, 0.1) is 27.7 Å². The summed E-state index contributed by atoms with van der Waals surface area (Å²) >= 11 is 0. The van der Waals surface area contributed by atoms with Gasteiger partial charge in [-0.2, -0.15) is 0 Å². The molecule has 0 aliphatic rings. The summed E-state index contributed by atoms with van der Waals surface area (Å²) in [6.07, 6.45) is 0.174. The lowest BCUT2D eigenvalue weighted by Crippen LogP contribution is -2.04. The van der Waals surface area contributed by atoms with Crippen molar-refractivity contribution >= 4 is 0 Å². The Balaban J connectivity index is 2.22. The Kier molecular flexibility index (Phi) is 4.01. The molecular formula is C17H21NO. The van der Waals surface area contributed by atoms with E-state index in [1.807, 2.05) is 26.0 Å². The molecule has 1 N–H and O–H groups in total. The SMILES string of the molecule is Cc1cc(C)cc(CC(O)c2cc(C)nc(C)c2)c1. The molecule has 2 aromatic rings. The van der Waals surface area contributed by atoms with Crippen molar-refractivity contribution in [1.29, 1.82) is 0 Å². The molecule has 1 unspecified atom stereocenters. The van der Waals surface area contributed by atoms with Crippen LogP contribution in [0.3, 0.4) is 0 Å². The molecule has 100 valence electrons. The van der Waals surface area contributed by atoms with Crippen molar-refractivity contribution in [3.05, 3.63) is 64.0 Å². The molecule has 0 saturated carbocycles. The average molecular weight is 255 g/mol. The molecule has 0 saturated heterocycles. The Morgan fingerprint density at radius 1 is 0.895 bits per heavy atom. The molecule has 0 bridgehead atoms. The molecule has 0 spiro atoms. The van der Waals surface area contributed by atoms with Gasteiger partial charge in [-0.25, -0.2) is 0 Å². The first kappa shape index (κ1) is 13.8. The van der Waals surface area contributed by atoms with Crippen molar-refractivity contribution in [2.75, 3.05) is 0 Å². The van der Waals surface area contributed by atoms with Gasteiger partial charge in [0.2, 0.25) is 0 Å². The van der Waals surface area contributed by atoms with Crippen LogP contribution in [0.25, 0.3) is 0 Å². The molecule has 1 heterocycles. The zero-order valence-corrected chi connectivity index (χ0v) is 12.1. The Labute approximate surface area is 115 Å². The number of rotatable bonds is 3. The number of aromatic nitrogens is 1. The molecular weight excluding hydrogens is 234 g/mol. The fraction of sp³-hybridized carbons (Fsp3) is 0.353. The van der Waals surface area contributed by atoms with Crippen molar-refractivity contribution in [3.8, 4) is 0 Å². The topological polar surface area (TPSA) is 33.1 Å². The third-order valence-corrected chi connectivity index (χ3v) is 3.20. The van der Waals surface area contributed by atoms with Gasteiger partial charge in [-0.05, 0) is 51.0 Å². The molecule has 0 radical (unpaired) electrons. The summed E-state index contributed by atoms with van der Waals surface area (Å²) in [7, 11) is 0.